The lowest BCUT2D eigenvalue weighted by atomic mass is 9.84. The smallest absolute Gasteiger partial charge is 0.339 e. The zero-order valence-corrected chi connectivity index (χ0v) is 16.3. The second kappa shape index (κ2) is 9.88. The van der Waals surface area contributed by atoms with Crippen molar-refractivity contribution in [2.75, 3.05) is 26.3 Å². The highest BCUT2D eigenvalue weighted by atomic mass is 16.5. The van der Waals surface area contributed by atoms with Crippen molar-refractivity contribution in [2.45, 2.75) is 57.9 Å². The van der Waals surface area contributed by atoms with Crippen molar-refractivity contribution in [3.8, 4) is 0 Å². The van der Waals surface area contributed by atoms with Crippen LogP contribution in [0.5, 0.6) is 0 Å². The third kappa shape index (κ3) is 5.10. The molecule has 2 fully saturated rings. The third-order valence-electron chi connectivity index (χ3n) is 5.76. The van der Waals surface area contributed by atoms with Crippen LogP contribution in [0, 0.1) is 5.92 Å². The van der Waals surface area contributed by atoms with E-state index in [2.05, 4.69) is 4.90 Å². The fraction of sp³-hybridized carbons (Fsp3) is 0.636. The Morgan fingerprint density at radius 2 is 1.70 bits per heavy atom. The Kier molecular flexibility index (Phi) is 7.27. The first-order valence-electron chi connectivity index (χ1n) is 10.4. The lowest BCUT2D eigenvalue weighted by Gasteiger charge is -2.44. The van der Waals surface area contributed by atoms with Crippen LogP contribution in [0.1, 0.15) is 72.6 Å². The molecule has 0 aromatic heterocycles. The largest absolute Gasteiger partial charge is 0.462 e. The fourth-order valence-corrected chi connectivity index (χ4v) is 4.26. The van der Waals surface area contributed by atoms with Crippen LogP contribution in [0.3, 0.4) is 0 Å². The molecule has 5 heteroatoms. The van der Waals surface area contributed by atoms with E-state index in [1.165, 1.54) is 38.8 Å². The van der Waals surface area contributed by atoms with E-state index >= 15 is 0 Å². The molecule has 0 bridgehead atoms. The summed E-state index contributed by atoms with van der Waals surface area (Å²) in [6.45, 7) is 5.18. The van der Waals surface area contributed by atoms with Crippen LogP contribution in [0.2, 0.25) is 0 Å². The first kappa shape index (κ1) is 19.9. The van der Waals surface area contributed by atoms with E-state index in [9.17, 15) is 9.59 Å². The lowest BCUT2D eigenvalue weighted by Crippen LogP contribution is -2.49. The van der Waals surface area contributed by atoms with Gasteiger partial charge >= 0.3 is 11.9 Å². The Morgan fingerprint density at radius 3 is 2.44 bits per heavy atom. The number of ether oxygens (including phenoxy) is 2. The number of unbranched alkanes of at least 4 members (excludes halogenated alkanes) is 1. The average molecular weight is 373 g/mol. The van der Waals surface area contributed by atoms with E-state index in [1.54, 1.807) is 24.3 Å². The molecule has 2 unspecified atom stereocenters. The van der Waals surface area contributed by atoms with Gasteiger partial charge < -0.3 is 9.47 Å². The number of hydrogen-bond donors (Lipinski definition) is 0. The Bertz CT molecular complexity index is 643. The standard InChI is InChI=1S/C22H31NO4/c1-2-3-15-26-21(24)18-10-4-5-11-19(18)22(25)27-16-17-9-8-14-23-13-7-6-12-20(17)23/h4-5,10-11,17,20H,2-3,6-9,12-16H2,1H3. The highest BCUT2D eigenvalue weighted by Crippen LogP contribution is 2.31. The van der Waals surface area contributed by atoms with Crippen molar-refractivity contribution in [3.63, 3.8) is 0 Å². The summed E-state index contributed by atoms with van der Waals surface area (Å²) < 4.78 is 10.9. The van der Waals surface area contributed by atoms with Crippen LogP contribution in [0.4, 0.5) is 0 Å². The van der Waals surface area contributed by atoms with Gasteiger partial charge in [0.1, 0.15) is 0 Å². The van der Waals surface area contributed by atoms with E-state index in [1.807, 2.05) is 6.92 Å². The summed E-state index contributed by atoms with van der Waals surface area (Å²) in [6, 6.07) is 7.31. The molecule has 2 heterocycles. The molecule has 0 spiro atoms. The van der Waals surface area contributed by atoms with Crippen molar-refractivity contribution < 1.29 is 19.1 Å². The molecule has 27 heavy (non-hydrogen) atoms. The number of esters is 2. The molecule has 0 saturated carbocycles. The third-order valence-corrected chi connectivity index (χ3v) is 5.76. The van der Waals surface area contributed by atoms with Crippen molar-refractivity contribution >= 4 is 11.9 Å². The van der Waals surface area contributed by atoms with E-state index in [-0.39, 0.29) is 0 Å². The van der Waals surface area contributed by atoms with Crippen LogP contribution in [0.15, 0.2) is 24.3 Å². The highest BCUT2D eigenvalue weighted by molar-refractivity contribution is 6.03. The first-order valence-corrected chi connectivity index (χ1v) is 10.4. The average Bonchev–Trinajstić information content (AvgIpc) is 2.72. The van der Waals surface area contributed by atoms with E-state index in [0.717, 1.165) is 19.3 Å². The number of piperidine rings is 2. The zero-order chi connectivity index (χ0) is 19.1. The molecular weight excluding hydrogens is 342 g/mol. The maximum Gasteiger partial charge on any atom is 0.339 e. The van der Waals surface area contributed by atoms with Crippen LogP contribution >= 0.6 is 0 Å². The normalized spacial score (nSPS) is 22.7. The molecule has 3 rings (SSSR count). The number of hydrogen-bond acceptors (Lipinski definition) is 5. The van der Waals surface area contributed by atoms with Crippen LogP contribution in [-0.2, 0) is 9.47 Å². The molecule has 148 valence electrons. The van der Waals surface area contributed by atoms with E-state index in [0.29, 0.717) is 36.3 Å². The molecule has 0 radical (unpaired) electrons. The van der Waals surface area contributed by atoms with Crippen molar-refractivity contribution in [1.82, 2.24) is 4.90 Å². The molecule has 1 aromatic rings. The summed E-state index contributed by atoms with van der Waals surface area (Å²) >= 11 is 0. The Labute approximate surface area is 162 Å². The number of benzene rings is 1. The summed E-state index contributed by atoms with van der Waals surface area (Å²) in [6.07, 6.45) is 7.78. The summed E-state index contributed by atoms with van der Waals surface area (Å²) in [5, 5.41) is 0. The second-order valence-corrected chi connectivity index (χ2v) is 7.63. The number of carbonyl (C=O) groups excluding carboxylic acids is 2. The summed E-state index contributed by atoms with van der Waals surface area (Å²) in [5.41, 5.74) is 0.594. The van der Waals surface area contributed by atoms with Crippen molar-refractivity contribution in [3.05, 3.63) is 35.4 Å². The maximum atomic E-state index is 12.7. The highest BCUT2D eigenvalue weighted by Gasteiger charge is 2.33. The van der Waals surface area contributed by atoms with Gasteiger partial charge in [-0.25, -0.2) is 9.59 Å². The summed E-state index contributed by atoms with van der Waals surface area (Å²) in [4.78, 5) is 27.5. The molecule has 2 saturated heterocycles. The SMILES string of the molecule is CCCCOC(=O)c1ccccc1C(=O)OCC1CCCN2CCCCC12. The summed E-state index contributed by atoms with van der Waals surface area (Å²) in [5.74, 6) is -0.482. The monoisotopic (exact) mass is 373 g/mol. The minimum atomic E-state index is -0.452. The molecule has 0 amide bonds. The van der Waals surface area contributed by atoms with Gasteiger partial charge in [-0.3, -0.25) is 4.90 Å². The Balaban J connectivity index is 1.60. The molecule has 2 aliphatic rings. The maximum absolute atomic E-state index is 12.7. The molecular formula is C22H31NO4. The van der Waals surface area contributed by atoms with Gasteiger partial charge in [0, 0.05) is 12.0 Å². The van der Waals surface area contributed by atoms with Crippen LogP contribution in [-0.4, -0.2) is 49.2 Å². The van der Waals surface area contributed by atoms with Gasteiger partial charge in [-0.2, -0.15) is 0 Å². The number of rotatable bonds is 7. The molecule has 1 aromatic carbocycles. The van der Waals surface area contributed by atoms with Crippen molar-refractivity contribution in [2.24, 2.45) is 5.92 Å². The minimum absolute atomic E-state index is 0.293. The van der Waals surface area contributed by atoms with Gasteiger partial charge in [0.15, 0.2) is 0 Å². The number of carbonyl (C=O) groups is 2. The van der Waals surface area contributed by atoms with Gasteiger partial charge in [-0.15, -0.1) is 0 Å². The lowest BCUT2D eigenvalue weighted by molar-refractivity contribution is 0.00711. The summed E-state index contributed by atoms with van der Waals surface area (Å²) in [7, 11) is 0. The van der Waals surface area contributed by atoms with E-state index < -0.39 is 11.9 Å². The Hall–Kier alpha value is -1.88. The Morgan fingerprint density at radius 1 is 1.00 bits per heavy atom. The molecule has 0 N–H and O–H groups in total. The second-order valence-electron chi connectivity index (χ2n) is 7.63. The predicted molar refractivity (Wildman–Crippen MR) is 104 cm³/mol. The number of nitrogens with zero attached hydrogens (tertiary/aromatic N) is 1. The van der Waals surface area contributed by atoms with Gasteiger partial charge in [0.25, 0.3) is 0 Å². The van der Waals surface area contributed by atoms with Gasteiger partial charge in [-0.05, 0) is 57.3 Å². The molecule has 2 aliphatic heterocycles. The zero-order valence-electron chi connectivity index (χ0n) is 16.3. The number of fused-ring (bicyclic) bond motifs is 1. The van der Waals surface area contributed by atoms with Gasteiger partial charge in [-0.1, -0.05) is 31.9 Å². The van der Waals surface area contributed by atoms with Crippen molar-refractivity contribution in [1.29, 1.82) is 0 Å². The van der Waals surface area contributed by atoms with Crippen LogP contribution < -0.4 is 0 Å². The molecule has 2 atom stereocenters. The molecule has 5 nitrogen and oxygen atoms in total. The topological polar surface area (TPSA) is 55.8 Å². The van der Waals surface area contributed by atoms with Crippen LogP contribution in [0.25, 0.3) is 0 Å². The quantitative estimate of drug-likeness (QED) is 0.533. The first-order chi connectivity index (χ1) is 13.2. The van der Waals surface area contributed by atoms with Gasteiger partial charge in [0.05, 0.1) is 24.3 Å². The van der Waals surface area contributed by atoms with E-state index in [4.69, 9.17) is 9.47 Å². The fourth-order valence-electron chi connectivity index (χ4n) is 4.26. The van der Waals surface area contributed by atoms with Gasteiger partial charge in [0.2, 0.25) is 0 Å². The molecule has 0 aliphatic carbocycles. The predicted octanol–water partition coefficient (Wildman–Crippen LogP) is 4.06. The minimum Gasteiger partial charge on any atom is -0.462 e.